The third kappa shape index (κ3) is 5.62. The van der Waals surface area contributed by atoms with Gasteiger partial charge in [0.25, 0.3) is 0 Å². The Labute approximate surface area is 119 Å². The van der Waals surface area contributed by atoms with Crippen LogP contribution in [0.25, 0.3) is 5.69 Å². The van der Waals surface area contributed by atoms with Crippen LogP contribution in [0.4, 0.5) is 13.2 Å². The number of hydrogen-bond donors (Lipinski definition) is 1. The predicted molar refractivity (Wildman–Crippen MR) is 66.9 cm³/mol. The number of carboxylic acids is 1. The van der Waals surface area contributed by atoms with Crippen LogP contribution in [-0.4, -0.2) is 12.1 Å². The molecule has 0 atom stereocenters. The summed E-state index contributed by atoms with van der Waals surface area (Å²) in [6.45, 7) is 0.585. The Bertz CT molecular complexity index is 586. The van der Waals surface area contributed by atoms with Gasteiger partial charge < -0.3 is 15.6 Å². The molecule has 0 spiro atoms. The SMILES string of the molecule is NCc1cccc(-[n+]2ccccc2)c1.O=C([O-])C(F)(F)F. The van der Waals surface area contributed by atoms with Gasteiger partial charge in [-0.25, -0.2) is 0 Å². The number of carbonyl (C=O) groups excluding carboxylic acids is 1. The van der Waals surface area contributed by atoms with Gasteiger partial charge in [0.2, 0.25) is 5.69 Å². The average Bonchev–Trinajstić information content (AvgIpc) is 2.48. The lowest BCUT2D eigenvalue weighted by molar-refractivity contribution is -0.595. The van der Waals surface area contributed by atoms with E-state index in [-0.39, 0.29) is 0 Å². The third-order valence-corrected chi connectivity index (χ3v) is 2.39. The van der Waals surface area contributed by atoms with E-state index in [0.717, 1.165) is 11.3 Å². The molecule has 0 amide bonds. The second kappa shape index (κ2) is 7.39. The summed E-state index contributed by atoms with van der Waals surface area (Å²) in [4.78, 5) is 8.78. The second-order valence-corrected chi connectivity index (χ2v) is 3.94. The lowest BCUT2D eigenvalue weighted by Gasteiger charge is -2.03. The van der Waals surface area contributed by atoms with E-state index in [9.17, 15) is 13.2 Å². The fourth-order valence-electron chi connectivity index (χ4n) is 1.41. The molecule has 1 aromatic carbocycles. The molecule has 1 aromatic heterocycles. The molecule has 0 bridgehead atoms. The Kier molecular flexibility index (Phi) is 5.86. The molecule has 4 nitrogen and oxygen atoms in total. The van der Waals surface area contributed by atoms with Crippen molar-refractivity contribution in [2.24, 2.45) is 5.73 Å². The highest BCUT2D eigenvalue weighted by atomic mass is 19.4. The summed E-state index contributed by atoms with van der Waals surface area (Å²) in [6.07, 6.45) is -1.15. The standard InChI is InChI=1S/C12H13N2.C2HF3O2/c13-10-11-5-4-6-12(9-11)14-7-2-1-3-8-14;3-2(4,5)1(6)7/h1-9H,10,13H2;(H,6,7)/q+1;/p-1. The van der Waals surface area contributed by atoms with Gasteiger partial charge in [-0.2, -0.15) is 17.7 Å². The number of halogens is 3. The second-order valence-electron chi connectivity index (χ2n) is 3.94. The minimum absolute atomic E-state index is 0.585. The van der Waals surface area contributed by atoms with Gasteiger partial charge in [-0.05, 0) is 5.56 Å². The number of aliphatic carboxylic acids is 1. The summed E-state index contributed by atoms with van der Waals surface area (Å²) in [5.74, 6) is -3.01. The van der Waals surface area contributed by atoms with Crippen LogP contribution in [0.5, 0.6) is 0 Å². The maximum absolute atomic E-state index is 10.5. The fraction of sp³-hybridized carbons (Fsp3) is 0.143. The molecule has 112 valence electrons. The predicted octanol–water partition coefficient (Wildman–Crippen LogP) is 0.721. The Morgan fingerprint density at radius 2 is 1.71 bits per heavy atom. The quantitative estimate of drug-likeness (QED) is 0.831. The molecule has 0 saturated heterocycles. The molecule has 0 unspecified atom stereocenters. The van der Waals surface area contributed by atoms with Crippen molar-refractivity contribution in [3.05, 3.63) is 60.4 Å². The summed E-state index contributed by atoms with van der Waals surface area (Å²) in [6, 6.07) is 14.2. The molecule has 0 radical (unpaired) electrons. The highest BCUT2D eigenvalue weighted by molar-refractivity contribution is 5.70. The van der Waals surface area contributed by atoms with Crippen molar-refractivity contribution in [2.75, 3.05) is 0 Å². The smallest absolute Gasteiger partial charge is 0.430 e. The molecule has 0 saturated carbocycles. The van der Waals surface area contributed by atoms with Crippen molar-refractivity contribution in [2.45, 2.75) is 12.7 Å². The van der Waals surface area contributed by atoms with Gasteiger partial charge in [-0.3, -0.25) is 0 Å². The highest BCUT2D eigenvalue weighted by Crippen LogP contribution is 2.11. The van der Waals surface area contributed by atoms with Crippen molar-refractivity contribution in [1.29, 1.82) is 0 Å². The Morgan fingerprint density at radius 3 is 2.19 bits per heavy atom. The molecular weight excluding hydrogens is 285 g/mol. The fourth-order valence-corrected chi connectivity index (χ4v) is 1.41. The molecule has 7 heteroatoms. The number of aromatic nitrogens is 1. The third-order valence-electron chi connectivity index (χ3n) is 2.39. The summed E-state index contributed by atoms with van der Waals surface area (Å²) in [5.41, 5.74) is 7.89. The van der Waals surface area contributed by atoms with Gasteiger partial charge >= 0.3 is 6.18 Å². The molecule has 2 rings (SSSR count). The van der Waals surface area contributed by atoms with E-state index in [1.807, 2.05) is 42.7 Å². The lowest BCUT2D eigenvalue weighted by Crippen LogP contribution is -2.37. The largest absolute Gasteiger partial charge is 0.542 e. The van der Waals surface area contributed by atoms with Gasteiger partial charge in [-0.15, -0.1) is 0 Å². The van der Waals surface area contributed by atoms with E-state index in [1.54, 1.807) is 0 Å². The van der Waals surface area contributed by atoms with Gasteiger partial charge in [0.15, 0.2) is 12.4 Å². The zero-order valence-corrected chi connectivity index (χ0v) is 10.9. The first-order chi connectivity index (χ1) is 9.84. The summed E-state index contributed by atoms with van der Waals surface area (Å²) < 4.78 is 33.6. The molecule has 2 N–H and O–H groups in total. The normalized spacial score (nSPS) is 10.5. The number of carboxylic acid groups (broad SMARTS) is 1. The van der Waals surface area contributed by atoms with E-state index in [1.165, 1.54) is 0 Å². The molecule has 0 aliphatic heterocycles. The number of nitrogens with two attached hydrogens (primary N) is 1. The number of carbonyl (C=O) groups is 1. The van der Waals surface area contributed by atoms with Crippen LogP contribution < -0.4 is 15.4 Å². The molecule has 0 aliphatic rings. The summed E-state index contributed by atoms with van der Waals surface area (Å²) in [5, 5.41) is 8.78. The molecular formula is C14H13F3N2O2. The first-order valence-corrected chi connectivity index (χ1v) is 5.88. The van der Waals surface area contributed by atoms with Crippen molar-refractivity contribution in [3.63, 3.8) is 0 Å². The van der Waals surface area contributed by atoms with Gasteiger partial charge in [-0.1, -0.05) is 18.2 Å². The van der Waals surface area contributed by atoms with Crippen molar-refractivity contribution < 1.29 is 27.6 Å². The van der Waals surface area contributed by atoms with E-state index >= 15 is 0 Å². The van der Waals surface area contributed by atoms with E-state index in [4.69, 9.17) is 15.6 Å². The lowest BCUT2D eigenvalue weighted by atomic mass is 10.2. The van der Waals surface area contributed by atoms with Gasteiger partial charge in [0.05, 0.1) is 0 Å². The monoisotopic (exact) mass is 298 g/mol. The first kappa shape index (κ1) is 16.6. The Morgan fingerprint density at radius 1 is 1.14 bits per heavy atom. The van der Waals surface area contributed by atoms with Gasteiger partial charge in [0, 0.05) is 30.8 Å². The van der Waals surface area contributed by atoms with E-state index in [0.29, 0.717) is 6.54 Å². The molecule has 0 aliphatic carbocycles. The van der Waals surface area contributed by atoms with Crippen molar-refractivity contribution >= 4 is 5.97 Å². The van der Waals surface area contributed by atoms with E-state index < -0.39 is 12.1 Å². The Balaban J connectivity index is 0.000000270. The van der Waals surface area contributed by atoms with Crippen LogP contribution in [0.15, 0.2) is 54.9 Å². The average molecular weight is 298 g/mol. The van der Waals surface area contributed by atoms with Gasteiger partial charge in [0.1, 0.15) is 5.97 Å². The number of benzene rings is 1. The molecule has 21 heavy (non-hydrogen) atoms. The van der Waals surface area contributed by atoms with E-state index in [2.05, 4.69) is 16.7 Å². The first-order valence-electron chi connectivity index (χ1n) is 5.88. The van der Waals surface area contributed by atoms with Crippen LogP contribution in [-0.2, 0) is 11.3 Å². The van der Waals surface area contributed by atoms with Crippen LogP contribution in [0.3, 0.4) is 0 Å². The maximum atomic E-state index is 10.5. The highest BCUT2D eigenvalue weighted by Gasteiger charge is 2.28. The van der Waals surface area contributed by atoms with Crippen LogP contribution in [0, 0.1) is 0 Å². The summed E-state index contributed by atoms with van der Waals surface area (Å²) in [7, 11) is 0. The minimum atomic E-state index is -5.19. The zero-order valence-electron chi connectivity index (χ0n) is 10.9. The minimum Gasteiger partial charge on any atom is -0.542 e. The number of hydrogen-bond acceptors (Lipinski definition) is 3. The van der Waals surface area contributed by atoms with Crippen LogP contribution >= 0.6 is 0 Å². The topological polar surface area (TPSA) is 70.0 Å². The number of nitrogens with zero attached hydrogens (tertiary/aromatic N) is 1. The van der Waals surface area contributed by atoms with Crippen LogP contribution in [0.2, 0.25) is 0 Å². The molecule has 2 aromatic rings. The Hall–Kier alpha value is -2.41. The number of pyridine rings is 1. The maximum Gasteiger partial charge on any atom is 0.430 e. The van der Waals surface area contributed by atoms with Crippen molar-refractivity contribution in [1.82, 2.24) is 0 Å². The summed E-state index contributed by atoms with van der Waals surface area (Å²) >= 11 is 0. The number of rotatable bonds is 2. The molecule has 0 fully saturated rings. The van der Waals surface area contributed by atoms with Crippen molar-refractivity contribution in [3.8, 4) is 5.69 Å². The van der Waals surface area contributed by atoms with Crippen LogP contribution in [0.1, 0.15) is 5.56 Å². The number of alkyl halides is 3. The zero-order chi connectivity index (χ0) is 15.9. The molecule has 1 heterocycles.